The Balaban J connectivity index is 1.66. The maximum Gasteiger partial charge on any atom is 0.142 e. The highest BCUT2D eigenvalue weighted by Gasteiger charge is 2.20. The number of fused-ring (bicyclic) bond motifs is 1. The molecule has 1 aromatic carbocycles. The third-order valence-electron chi connectivity index (χ3n) is 4.61. The molecule has 0 amide bonds. The minimum absolute atomic E-state index is 0.317. The van der Waals surface area contributed by atoms with E-state index in [1.807, 2.05) is 0 Å². The van der Waals surface area contributed by atoms with Crippen molar-refractivity contribution in [1.82, 2.24) is 4.90 Å². The maximum atomic E-state index is 5.97. The first kappa shape index (κ1) is 13.7. The molecule has 2 aliphatic heterocycles. The van der Waals surface area contributed by atoms with Gasteiger partial charge >= 0.3 is 0 Å². The van der Waals surface area contributed by atoms with Gasteiger partial charge in [-0.25, -0.2) is 0 Å². The predicted molar refractivity (Wildman–Crippen MR) is 83.6 cm³/mol. The number of nitrogens with zero attached hydrogens (tertiary/aromatic N) is 1. The highest BCUT2D eigenvalue weighted by molar-refractivity contribution is 5.59. The maximum absolute atomic E-state index is 5.97. The van der Waals surface area contributed by atoms with Crippen molar-refractivity contribution in [3.8, 4) is 5.75 Å². The highest BCUT2D eigenvalue weighted by Crippen LogP contribution is 2.31. The molecular weight excluding hydrogens is 248 g/mol. The normalized spacial score (nSPS) is 23.8. The summed E-state index contributed by atoms with van der Waals surface area (Å²) in [6, 6.07) is 7.28. The van der Waals surface area contributed by atoms with Gasteiger partial charge in [-0.2, -0.15) is 0 Å². The zero-order chi connectivity index (χ0) is 13.9. The third-order valence-corrected chi connectivity index (χ3v) is 4.61. The van der Waals surface area contributed by atoms with Crippen molar-refractivity contribution in [3.05, 3.63) is 23.8 Å². The van der Waals surface area contributed by atoms with Gasteiger partial charge < -0.3 is 15.0 Å². The van der Waals surface area contributed by atoms with Crippen LogP contribution in [0, 0.1) is 0 Å². The van der Waals surface area contributed by atoms with Crippen LogP contribution in [0.5, 0.6) is 5.75 Å². The summed E-state index contributed by atoms with van der Waals surface area (Å²) in [5.74, 6) is 1.01. The lowest BCUT2D eigenvalue weighted by molar-refractivity contribution is 0.201. The second kappa shape index (κ2) is 6.04. The van der Waals surface area contributed by atoms with Gasteiger partial charge in [0.2, 0.25) is 0 Å². The van der Waals surface area contributed by atoms with Crippen molar-refractivity contribution in [3.63, 3.8) is 0 Å². The fourth-order valence-corrected chi connectivity index (χ4v) is 3.27. The van der Waals surface area contributed by atoms with Crippen LogP contribution in [-0.4, -0.2) is 36.7 Å². The van der Waals surface area contributed by atoms with Crippen LogP contribution >= 0.6 is 0 Å². The second-order valence-electron chi connectivity index (χ2n) is 6.16. The topological polar surface area (TPSA) is 24.5 Å². The van der Waals surface area contributed by atoms with Crippen molar-refractivity contribution < 1.29 is 4.74 Å². The minimum Gasteiger partial charge on any atom is -0.486 e. The molecule has 2 unspecified atom stereocenters. The monoisotopic (exact) mass is 274 g/mol. The van der Waals surface area contributed by atoms with E-state index in [9.17, 15) is 0 Å². The van der Waals surface area contributed by atoms with Crippen molar-refractivity contribution in [2.75, 3.05) is 25.0 Å². The van der Waals surface area contributed by atoms with Crippen molar-refractivity contribution >= 4 is 5.69 Å². The van der Waals surface area contributed by atoms with E-state index in [2.05, 4.69) is 42.3 Å². The van der Waals surface area contributed by atoms with E-state index in [0.717, 1.165) is 25.1 Å². The van der Waals surface area contributed by atoms with Gasteiger partial charge in [0.1, 0.15) is 11.9 Å². The van der Waals surface area contributed by atoms with Crippen LogP contribution in [0.15, 0.2) is 18.2 Å². The number of hydrogen-bond acceptors (Lipinski definition) is 3. The van der Waals surface area contributed by atoms with Crippen LogP contribution in [-0.2, 0) is 6.42 Å². The zero-order valence-corrected chi connectivity index (χ0v) is 12.7. The summed E-state index contributed by atoms with van der Waals surface area (Å²) in [4.78, 5) is 2.61. The molecule has 2 aliphatic rings. The molecule has 0 saturated carbocycles. The third kappa shape index (κ3) is 2.93. The Bertz CT molecular complexity index is 454. The summed E-state index contributed by atoms with van der Waals surface area (Å²) < 4.78 is 5.97. The average molecular weight is 274 g/mol. The number of ether oxygens (including phenoxy) is 1. The number of anilines is 1. The number of nitrogens with one attached hydrogen (secondary N) is 1. The van der Waals surface area contributed by atoms with Crippen LogP contribution in [0.1, 0.15) is 38.7 Å². The molecule has 3 rings (SSSR count). The Morgan fingerprint density at radius 1 is 1.35 bits per heavy atom. The Kier molecular flexibility index (Phi) is 4.16. The fraction of sp³-hybridized carbons (Fsp3) is 0.647. The second-order valence-corrected chi connectivity index (χ2v) is 6.16. The summed E-state index contributed by atoms with van der Waals surface area (Å²) in [5.41, 5.74) is 2.58. The molecule has 2 atom stereocenters. The summed E-state index contributed by atoms with van der Waals surface area (Å²) >= 11 is 0. The quantitative estimate of drug-likeness (QED) is 0.911. The van der Waals surface area contributed by atoms with E-state index in [1.54, 1.807) is 0 Å². The number of rotatable bonds is 4. The molecule has 1 aromatic rings. The number of benzene rings is 1. The van der Waals surface area contributed by atoms with E-state index >= 15 is 0 Å². The predicted octanol–water partition coefficient (Wildman–Crippen LogP) is 3.30. The molecule has 3 nitrogen and oxygen atoms in total. The van der Waals surface area contributed by atoms with Crippen LogP contribution in [0.2, 0.25) is 0 Å². The SMILES string of the molecule is CCC1CNc2cc(CC(C)N3CCCC3)ccc2O1. The number of likely N-dealkylation sites (tertiary alicyclic amines) is 1. The zero-order valence-electron chi connectivity index (χ0n) is 12.7. The summed E-state index contributed by atoms with van der Waals surface area (Å²) in [5, 5.41) is 3.51. The van der Waals surface area contributed by atoms with Gasteiger partial charge in [0, 0.05) is 6.04 Å². The average Bonchev–Trinajstić information content (AvgIpc) is 3.01. The molecule has 20 heavy (non-hydrogen) atoms. The number of hydrogen-bond donors (Lipinski definition) is 1. The minimum atomic E-state index is 0.317. The molecule has 0 bridgehead atoms. The van der Waals surface area contributed by atoms with Crippen LogP contribution in [0.4, 0.5) is 5.69 Å². The molecule has 0 spiro atoms. The van der Waals surface area contributed by atoms with Crippen LogP contribution in [0.25, 0.3) is 0 Å². The Morgan fingerprint density at radius 3 is 2.90 bits per heavy atom. The van der Waals surface area contributed by atoms with Gasteiger partial charge in [-0.1, -0.05) is 13.0 Å². The first-order valence-electron chi connectivity index (χ1n) is 8.03. The largest absolute Gasteiger partial charge is 0.486 e. The van der Waals surface area contributed by atoms with E-state index in [-0.39, 0.29) is 0 Å². The first-order chi connectivity index (χ1) is 9.76. The van der Waals surface area contributed by atoms with Gasteiger partial charge in [0.05, 0.1) is 12.2 Å². The molecule has 1 N–H and O–H groups in total. The first-order valence-corrected chi connectivity index (χ1v) is 8.03. The van der Waals surface area contributed by atoms with Crippen LogP contribution in [0.3, 0.4) is 0 Å². The van der Waals surface area contributed by atoms with Gasteiger partial charge in [-0.3, -0.25) is 0 Å². The lowest BCUT2D eigenvalue weighted by Crippen LogP contribution is -2.32. The lowest BCUT2D eigenvalue weighted by atomic mass is 10.0. The van der Waals surface area contributed by atoms with Gasteiger partial charge in [0.25, 0.3) is 0 Å². The fourth-order valence-electron chi connectivity index (χ4n) is 3.27. The molecule has 0 aliphatic carbocycles. The Hall–Kier alpha value is -1.22. The molecule has 110 valence electrons. The van der Waals surface area contributed by atoms with Gasteiger partial charge in [-0.15, -0.1) is 0 Å². The molecule has 1 fully saturated rings. The smallest absolute Gasteiger partial charge is 0.142 e. The van der Waals surface area contributed by atoms with Crippen molar-refractivity contribution in [1.29, 1.82) is 0 Å². The molecule has 2 heterocycles. The highest BCUT2D eigenvalue weighted by atomic mass is 16.5. The van der Waals surface area contributed by atoms with E-state index in [1.165, 1.54) is 37.2 Å². The lowest BCUT2D eigenvalue weighted by Gasteiger charge is -2.28. The standard InChI is InChI=1S/C17H26N2O/c1-3-15-12-18-16-11-14(6-7-17(16)20-15)10-13(2)19-8-4-5-9-19/h6-7,11,13,15,18H,3-5,8-10,12H2,1-2H3. The Labute approximate surface area is 122 Å². The van der Waals surface area contributed by atoms with E-state index in [4.69, 9.17) is 4.74 Å². The van der Waals surface area contributed by atoms with Gasteiger partial charge in [-0.05, 0) is 63.4 Å². The van der Waals surface area contributed by atoms with E-state index < -0.39 is 0 Å². The van der Waals surface area contributed by atoms with E-state index in [0.29, 0.717) is 12.1 Å². The molecule has 3 heteroatoms. The molecule has 0 radical (unpaired) electrons. The molecule has 1 saturated heterocycles. The van der Waals surface area contributed by atoms with Crippen LogP contribution < -0.4 is 10.1 Å². The van der Waals surface area contributed by atoms with Crippen molar-refractivity contribution in [2.45, 2.75) is 51.7 Å². The summed E-state index contributed by atoms with van der Waals surface area (Å²) in [7, 11) is 0. The van der Waals surface area contributed by atoms with Gasteiger partial charge in [0.15, 0.2) is 0 Å². The molecular formula is C17H26N2O. The summed E-state index contributed by atoms with van der Waals surface area (Å²) in [6.07, 6.45) is 5.23. The Morgan fingerprint density at radius 2 is 2.15 bits per heavy atom. The molecule has 0 aromatic heterocycles. The van der Waals surface area contributed by atoms with Crippen molar-refractivity contribution in [2.24, 2.45) is 0 Å². The summed E-state index contributed by atoms with van der Waals surface area (Å²) in [6.45, 7) is 7.98.